The van der Waals surface area contributed by atoms with Crippen LogP contribution < -0.4 is 0 Å². The molecule has 0 saturated carbocycles. The summed E-state index contributed by atoms with van der Waals surface area (Å²) in [6.07, 6.45) is 5.06. The van der Waals surface area contributed by atoms with Crippen molar-refractivity contribution in [3.63, 3.8) is 0 Å². The Balaban J connectivity index is 1.72. The van der Waals surface area contributed by atoms with Crippen LogP contribution in [0, 0.1) is 0 Å². The third-order valence-electron chi connectivity index (χ3n) is 4.59. The molecule has 1 atom stereocenters. The zero-order valence-corrected chi connectivity index (χ0v) is 14.4. The molecule has 1 unspecified atom stereocenters. The number of sulfonamides is 1. The summed E-state index contributed by atoms with van der Waals surface area (Å²) in [5, 5.41) is 9.57. The lowest BCUT2D eigenvalue weighted by Crippen LogP contribution is -2.40. The molecule has 1 fully saturated rings. The van der Waals surface area contributed by atoms with Crippen molar-refractivity contribution in [1.29, 1.82) is 0 Å². The minimum Gasteiger partial charge on any atom is -0.250 e. The molecule has 128 valence electrons. The molecule has 0 bridgehead atoms. The number of nitrogens with zero attached hydrogens (tertiary/aromatic N) is 7. The topological polar surface area (TPSA) is 98.3 Å². The van der Waals surface area contributed by atoms with Crippen molar-refractivity contribution >= 4 is 26.7 Å². The minimum absolute atomic E-state index is 0.00620. The van der Waals surface area contributed by atoms with Gasteiger partial charge in [0.05, 0.1) is 17.3 Å². The molecule has 0 aromatic carbocycles. The van der Waals surface area contributed by atoms with E-state index in [2.05, 4.69) is 20.2 Å². The van der Waals surface area contributed by atoms with Crippen molar-refractivity contribution in [2.75, 3.05) is 18.8 Å². The van der Waals surface area contributed by atoms with Crippen LogP contribution in [0.4, 0.5) is 0 Å². The van der Waals surface area contributed by atoms with Gasteiger partial charge in [0.25, 0.3) is 0 Å². The molecule has 0 N–H and O–H groups in total. The summed E-state index contributed by atoms with van der Waals surface area (Å²) in [4.78, 5) is 9.01. The average Bonchev–Trinajstić information content (AvgIpc) is 3.18. The van der Waals surface area contributed by atoms with Crippen LogP contribution in [0.15, 0.2) is 12.5 Å². The maximum absolute atomic E-state index is 12.1. The first-order valence-electron chi connectivity index (χ1n) is 8.00. The van der Waals surface area contributed by atoms with Gasteiger partial charge >= 0.3 is 0 Å². The van der Waals surface area contributed by atoms with Crippen LogP contribution in [0.25, 0.3) is 16.7 Å². The lowest BCUT2D eigenvalue weighted by atomic mass is 9.99. The maximum Gasteiger partial charge on any atom is 0.213 e. The second kappa shape index (κ2) is 5.49. The van der Waals surface area contributed by atoms with Crippen molar-refractivity contribution in [2.24, 2.45) is 7.05 Å². The third-order valence-corrected chi connectivity index (χ3v) is 6.44. The molecule has 1 aliphatic heterocycles. The molecule has 1 aliphatic rings. The monoisotopic (exact) mass is 349 g/mol. The number of rotatable bonds is 3. The lowest BCUT2D eigenvalue weighted by Gasteiger charge is -2.30. The van der Waals surface area contributed by atoms with Gasteiger partial charge in [-0.1, -0.05) is 0 Å². The van der Waals surface area contributed by atoms with Crippen LogP contribution in [-0.2, 0) is 17.1 Å². The predicted molar refractivity (Wildman–Crippen MR) is 88.1 cm³/mol. The highest BCUT2D eigenvalue weighted by atomic mass is 32.2. The van der Waals surface area contributed by atoms with E-state index in [-0.39, 0.29) is 11.7 Å². The van der Waals surface area contributed by atoms with E-state index in [0.29, 0.717) is 24.6 Å². The van der Waals surface area contributed by atoms with Gasteiger partial charge in [0.15, 0.2) is 17.1 Å². The first kappa shape index (κ1) is 15.5. The van der Waals surface area contributed by atoms with Gasteiger partial charge in [0.1, 0.15) is 6.33 Å². The van der Waals surface area contributed by atoms with E-state index >= 15 is 0 Å². The molecular formula is C14H19N7O2S. The molecule has 0 radical (unpaired) electrons. The van der Waals surface area contributed by atoms with E-state index in [4.69, 9.17) is 0 Å². The molecule has 1 saturated heterocycles. The number of aromatic nitrogens is 6. The average molecular weight is 349 g/mol. The van der Waals surface area contributed by atoms with Crippen LogP contribution >= 0.6 is 0 Å². The highest BCUT2D eigenvalue weighted by Gasteiger charge is 2.30. The first-order chi connectivity index (χ1) is 11.5. The van der Waals surface area contributed by atoms with Gasteiger partial charge in [-0.2, -0.15) is 5.10 Å². The van der Waals surface area contributed by atoms with E-state index in [1.165, 1.54) is 0 Å². The number of fused-ring (bicyclic) bond motifs is 3. The van der Waals surface area contributed by atoms with Crippen molar-refractivity contribution in [3.8, 4) is 0 Å². The molecule has 9 nitrogen and oxygen atoms in total. The Labute approximate surface area is 139 Å². The van der Waals surface area contributed by atoms with Gasteiger partial charge in [-0.15, -0.1) is 5.10 Å². The first-order valence-corrected chi connectivity index (χ1v) is 9.61. The molecule has 4 rings (SSSR count). The molecule has 3 aromatic heterocycles. The van der Waals surface area contributed by atoms with Gasteiger partial charge in [-0.05, 0) is 19.8 Å². The summed E-state index contributed by atoms with van der Waals surface area (Å²) in [5.41, 5.74) is 1.46. The standard InChI is InChI=1S/C14H19N7O2S/c1-3-24(22,23)20-6-4-5-10(8-20)12-17-14-11-7-16-19(2)13(11)15-9-21(14)18-12/h7,9-10H,3-6,8H2,1-2H3. The zero-order valence-electron chi connectivity index (χ0n) is 13.6. The van der Waals surface area contributed by atoms with Crippen LogP contribution in [0.1, 0.15) is 31.5 Å². The van der Waals surface area contributed by atoms with Gasteiger partial charge in [-0.3, -0.25) is 4.68 Å². The van der Waals surface area contributed by atoms with Crippen molar-refractivity contribution in [3.05, 3.63) is 18.3 Å². The van der Waals surface area contributed by atoms with Crippen LogP contribution in [0.3, 0.4) is 0 Å². The number of hydrogen-bond donors (Lipinski definition) is 0. The van der Waals surface area contributed by atoms with E-state index < -0.39 is 10.0 Å². The molecule has 24 heavy (non-hydrogen) atoms. The van der Waals surface area contributed by atoms with Crippen molar-refractivity contribution < 1.29 is 8.42 Å². The molecule has 10 heteroatoms. The number of piperidine rings is 1. The predicted octanol–water partition coefficient (Wildman–Crippen LogP) is 0.540. The third kappa shape index (κ3) is 2.37. The fourth-order valence-corrected chi connectivity index (χ4v) is 4.40. The highest BCUT2D eigenvalue weighted by molar-refractivity contribution is 7.89. The highest BCUT2D eigenvalue weighted by Crippen LogP contribution is 2.27. The van der Waals surface area contributed by atoms with Crippen molar-refractivity contribution in [2.45, 2.75) is 25.7 Å². The van der Waals surface area contributed by atoms with E-state index in [1.807, 2.05) is 7.05 Å². The fourth-order valence-electron chi connectivity index (χ4n) is 3.22. The van der Waals surface area contributed by atoms with Crippen LogP contribution in [0.5, 0.6) is 0 Å². The Bertz CT molecular complexity index is 1010. The molecular weight excluding hydrogens is 330 g/mol. The lowest BCUT2D eigenvalue weighted by molar-refractivity contribution is 0.309. The van der Waals surface area contributed by atoms with E-state index in [0.717, 1.165) is 23.9 Å². The molecule has 0 amide bonds. The second-order valence-electron chi connectivity index (χ2n) is 6.09. The Kier molecular flexibility index (Phi) is 3.53. The summed E-state index contributed by atoms with van der Waals surface area (Å²) < 4.78 is 29.2. The number of hydrogen-bond acceptors (Lipinski definition) is 6. The maximum atomic E-state index is 12.1. The Morgan fingerprint density at radius 2 is 2.17 bits per heavy atom. The summed E-state index contributed by atoms with van der Waals surface area (Å²) in [6, 6.07) is 0. The summed E-state index contributed by atoms with van der Waals surface area (Å²) in [7, 11) is -1.35. The van der Waals surface area contributed by atoms with Crippen LogP contribution in [-0.4, -0.2) is 60.9 Å². The quantitative estimate of drug-likeness (QED) is 0.684. The van der Waals surface area contributed by atoms with Crippen molar-refractivity contribution in [1.82, 2.24) is 33.7 Å². The molecule has 4 heterocycles. The van der Waals surface area contributed by atoms with Gasteiger partial charge < -0.3 is 0 Å². The van der Waals surface area contributed by atoms with Gasteiger partial charge in [0.2, 0.25) is 10.0 Å². The van der Waals surface area contributed by atoms with Crippen LogP contribution in [0.2, 0.25) is 0 Å². The van der Waals surface area contributed by atoms with Gasteiger partial charge in [-0.25, -0.2) is 27.2 Å². The smallest absolute Gasteiger partial charge is 0.213 e. The number of aryl methyl sites for hydroxylation is 1. The second-order valence-corrected chi connectivity index (χ2v) is 8.34. The van der Waals surface area contributed by atoms with E-state index in [9.17, 15) is 8.42 Å². The van der Waals surface area contributed by atoms with Gasteiger partial charge in [0, 0.05) is 26.1 Å². The Hall–Kier alpha value is -2.07. The summed E-state index contributed by atoms with van der Waals surface area (Å²) >= 11 is 0. The van der Waals surface area contributed by atoms with E-state index in [1.54, 1.807) is 33.0 Å². The zero-order chi connectivity index (χ0) is 16.9. The molecule has 3 aromatic rings. The summed E-state index contributed by atoms with van der Waals surface area (Å²) in [6.45, 7) is 2.69. The SMILES string of the molecule is CCS(=O)(=O)N1CCCC(c2nc3c4cnn(C)c4ncn3n2)C1. The molecule has 0 aliphatic carbocycles. The normalized spacial score (nSPS) is 20.2. The minimum atomic E-state index is -3.18. The largest absolute Gasteiger partial charge is 0.250 e. The fraction of sp³-hybridized carbons (Fsp3) is 0.571. The summed E-state index contributed by atoms with van der Waals surface area (Å²) in [5.74, 6) is 0.800. The Morgan fingerprint density at radius 1 is 1.33 bits per heavy atom. The molecule has 0 spiro atoms. The Morgan fingerprint density at radius 3 is 2.96 bits per heavy atom.